The van der Waals surface area contributed by atoms with Crippen molar-refractivity contribution in [3.8, 4) is 0 Å². The molecule has 7 nitrogen and oxygen atoms in total. The van der Waals surface area contributed by atoms with Gasteiger partial charge < -0.3 is 19.6 Å². The maximum Gasteiger partial charge on any atom is 0.311 e. The van der Waals surface area contributed by atoms with Gasteiger partial charge in [0.1, 0.15) is 6.04 Å². The van der Waals surface area contributed by atoms with Gasteiger partial charge in [0, 0.05) is 11.8 Å². The van der Waals surface area contributed by atoms with Crippen LogP contribution in [0.1, 0.15) is 33.1 Å². The summed E-state index contributed by atoms with van der Waals surface area (Å²) in [5.41, 5.74) is 0.570. The Hall–Kier alpha value is -2.29. The van der Waals surface area contributed by atoms with E-state index in [4.69, 9.17) is 16.3 Å². The Morgan fingerprint density at radius 1 is 1.19 bits per heavy atom. The predicted molar refractivity (Wildman–Crippen MR) is 144 cm³/mol. The summed E-state index contributed by atoms with van der Waals surface area (Å²) in [5.74, 6) is -2.20. The number of carbonyl (C=O) groups excluding carboxylic acids is 3. The van der Waals surface area contributed by atoms with Crippen molar-refractivity contribution < 1.29 is 24.2 Å². The topological polar surface area (TPSA) is 87.2 Å². The summed E-state index contributed by atoms with van der Waals surface area (Å²) in [6, 6.07) is 5.72. The fourth-order valence-electron chi connectivity index (χ4n) is 6.29. The first-order valence-corrected chi connectivity index (χ1v) is 14.2. The zero-order valence-electron chi connectivity index (χ0n) is 21.1. The van der Waals surface area contributed by atoms with Gasteiger partial charge in [-0.25, -0.2) is 0 Å². The van der Waals surface area contributed by atoms with E-state index in [0.29, 0.717) is 30.3 Å². The number of aliphatic hydroxyl groups excluding tert-OH is 1. The zero-order valence-corrected chi connectivity index (χ0v) is 22.7. The van der Waals surface area contributed by atoms with Crippen molar-refractivity contribution in [1.29, 1.82) is 0 Å². The highest BCUT2D eigenvalue weighted by Gasteiger charge is 2.71. The molecule has 2 saturated heterocycles. The van der Waals surface area contributed by atoms with E-state index < -0.39 is 34.6 Å². The standard InChI is InChI=1S/C28H33ClN2O5S/c1-17(2)15-18(16-32)31-24-26(34)30(20-10-6-5-9-19(20)29)13-8-12-28(24)23(25(31)33)22-21(37-28)11-4-3-7-14-36-27(22)35/h4-6,8-12,17-18,21-24,32H,3,7,13-16H2,1-2H3/b11-4-/t18-,21-,22+,23+,24?,28+/m1/s1. The lowest BCUT2D eigenvalue weighted by atomic mass is 9.78. The molecule has 198 valence electrons. The lowest BCUT2D eigenvalue weighted by molar-refractivity contribution is -0.153. The highest BCUT2D eigenvalue weighted by atomic mass is 35.5. The van der Waals surface area contributed by atoms with Gasteiger partial charge in [-0.15, -0.1) is 11.8 Å². The first-order chi connectivity index (χ1) is 17.8. The lowest BCUT2D eigenvalue weighted by Crippen LogP contribution is -2.57. The molecule has 0 aromatic heterocycles. The van der Waals surface area contributed by atoms with Crippen LogP contribution in [0.25, 0.3) is 0 Å². The van der Waals surface area contributed by atoms with Crippen molar-refractivity contribution in [3.63, 3.8) is 0 Å². The fourth-order valence-corrected chi connectivity index (χ4v) is 8.52. The van der Waals surface area contributed by atoms with Gasteiger partial charge in [-0.05, 0) is 37.3 Å². The van der Waals surface area contributed by atoms with Gasteiger partial charge in [-0.1, -0.05) is 61.9 Å². The summed E-state index contributed by atoms with van der Waals surface area (Å²) in [6.07, 6.45) is 9.99. The Morgan fingerprint density at radius 3 is 2.70 bits per heavy atom. The van der Waals surface area contributed by atoms with E-state index >= 15 is 0 Å². The molecule has 0 bridgehead atoms. The SMILES string of the molecule is CC(C)C[C@H](CO)N1C(=O)[C@@H]2[C@H]3C(=O)OCCC/C=C\[C@H]3S[C@@]23C=CCN(c2ccccc2Cl)C(=O)C13. The van der Waals surface area contributed by atoms with Crippen LogP contribution < -0.4 is 4.90 Å². The van der Waals surface area contributed by atoms with Crippen LogP contribution in [0.5, 0.6) is 0 Å². The number of nitrogens with zero attached hydrogens (tertiary/aromatic N) is 2. The van der Waals surface area contributed by atoms with Crippen LogP contribution in [-0.2, 0) is 19.1 Å². The number of rotatable bonds is 5. The number of esters is 1. The molecular weight excluding hydrogens is 512 g/mol. The third-order valence-electron chi connectivity index (χ3n) is 7.78. The fraction of sp³-hybridized carbons (Fsp3) is 0.536. The minimum absolute atomic E-state index is 0.190. The predicted octanol–water partition coefficient (Wildman–Crippen LogP) is 3.84. The number of thioether (sulfide) groups is 1. The highest BCUT2D eigenvalue weighted by Crippen LogP contribution is 2.61. The summed E-state index contributed by atoms with van der Waals surface area (Å²) >= 11 is 8.01. The largest absolute Gasteiger partial charge is 0.465 e. The Labute approximate surface area is 226 Å². The minimum Gasteiger partial charge on any atom is -0.465 e. The maximum absolute atomic E-state index is 14.5. The number of ether oxygens (including phenoxy) is 1. The molecule has 2 fully saturated rings. The van der Waals surface area contributed by atoms with Crippen LogP contribution in [-0.4, -0.2) is 69.6 Å². The van der Waals surface area contributed by atoms with Crippen LogP contribution in [0.3, 0.4) is 0 Å². The highest BCUT2D eigenvalue weighted by molar-refractivity contribution is 8.02. The number of hydrogen-bond acceptors (Lipinski definition) is 6. The Morgan fingerprint density at radius 2 is 1.97 bits per heavy atom. The number of para-hydroxylation sites is 1. The average Bonchev–Trinajstić information content (AvgIpc) is 3.28. The number of carbonyl (C=O) groups is 3. The summed E-state index contributed by atoms with van der Waals surface area (Å²) in [6.45, 7) is 4.38. The van der Waals surface area contributed by atoms with Crippen LogP contribution in [0.2, 0.25) is 5.02 Å². The number of benzene rings is 1. The number of hydrogen-bond donors (Lipinski definition) is 1. The molecule has 9 heteroatoms. The number of cyclic esters (lactones) is 1. The number of aliphatic hydroxyl groups is 1. The molecule has 0 aliphatic carbocycles. The molecule has 4 heterocycles. The summed E-state index contributed by atoms with van der Waals surface area (Å²) in [4.78, 5) is 45.3. The summed E-state index contributed by atoms with van der Waals surface area (Å²) < 4.78 is 4.65. The summed E-state index contributed by atoms with van der Waals surface area (Å²) in [7, 11) is 0. The van der Waals surface area contributed by atoms with Gasteiger partial charge >= 0.3 is 5.97 Å². The molecule has 4 aliphatic rings. The van der Waals surface area contributed by atoms with Crippen molar-refractivity contribution >= 4 is 46.8 Å². The van der Waals surface area contributed by atoms with Gasteiger partial charge in [0.25, 0.3) is 5.91 Å². The molecule has 0 radical (unpaired) electrons. The van der Waals surface area contributed by atoms with Crippen molar-refractivity contribution in [2.24, 2.45) is 17.8 Å². The molecule has 0 saturated carbocycles. The van der Waals surface area contributed by atoms with Gasteiger partial charge in [0.2, 0.25) is 5.91 Å². The molecule has 1 spiro atoms. The zero-order chi connectivity index (χ0) is 26.3. The number of halogens is 1. The number of allylic oxidation sites excluding steroid dienone is 1. The molecule has 5 rings (SSSR count). The quantitative estimate of drug-likeness (QED) is 0.448. The van der Waals surface area contributed by atoms with Crippen molar-refractivity contribution in [1.82, 2.24) is 4.90 Å². The van der Waals surface area contributed by atoms with Gasteiger partial charge in [0.15, 0.2) is 0 Å². The first-order valence-electron chi connectivity index (χ1n) is 13.0. The normalized spacial score (nSPS) is 33.2. The molecule has 1 aromatic rings. The van der Waals surface area contributed by atoms with Gasteiger partial charge in [-0.2, -0.15) is 0 Å². The van der Waals surface area contributed by atoms with E-state index in [0.717, 1.165) is 12.8 Å². The minimum atomic E-state index is -0.966. The maximum atomic E-state index is 14.5. The second-order valence-corrected chi connectivity index (χ2v) is 12.5. The van der Waals surface area contributed by atoms with Crippen LogP contribution in [0, 0.1) is 17.8 Å². The van der Waals surface area contributed by atoms with E-state index in [2.05, 4.69) is 6.08 Å². The van der Waals surface area contributed by atoms with Crippen LogP contribution >= 0.6 is 23.4 Å². The molecule has 6 atom stereocenters. The molecule has 4 aliphatic heterocycles. The lowest BCUT2D eigenvalue weighted by Gasteiger charge is -2.39. The first kappa shape index (κ1) is 26.3. The van der Waals surface area contributed by atoms with Crippen molar-refractivity contribution in [2.45, 2.75) is 55.2 Å². The van der Waals surface area contributed by atoms with E-state index in [-0.39, 0.29) is 29.6 Å². The van der Waals surface area contributed by atoms with E-state index in [1.807, 2.05) is 38.1 Å². The summed E-state index contributed by atoms with van der Waals surface area (Å²) in [5, 5.41) is 10.6. The number of anilines is 1. The second-order valence-electron chi connectivity index (χ2n) is 10.6. The molecule has 1 N–H and O–H groups in total. The molecule has 1 unspecified atom stereocenters. The second kappa shape index (κ2) is 10.5. The number of likely N-dealkylation sites (tertiary alicyclic amines) is 1. The van der Waals surface area contributed by atoms with Crippen molar-refractivity contribution in [2.75, 3.05) is 24.7 Å². The third-order valence-corrected chi connectivity index (χ3v) is 9.84. The molecular formula is C28H33ClN2O5S. The Balaban J connectivity index is 1.66. The average molecular weight is 545 g/mol. The van der Waals surface area contributed by atoms with E-state index in [1.54, 1.807) is 28.0 Å². The third kappa shape index (κ3) is 4.41. The molecule has 37 heavy (non-hydrogen) atoms. The number of amides is 2. The monoisotopic (exact) mass is 544 g/mol. The van der Waals surface area contributed by atoms with E-state index in [9.17, 15) is 19.5 Å². The van der Waals surface area contributed by atoms with Crippen molar-refractivity contribution in [3.05, 3.63) is 53.6 Å². The van der Waals surface area contributed by atoms with Crippen LogP contribution in [0.4, 0.5) is 5.69 Å². The van der Waals surface area contributed by atoms with Gasteiger partial charge in [-0.3, -0.25) is 14.4 Å². The smallest absolute Gasteiger partial charge is 0.311 e. The molecule has 1 aromatic carbocycles. The number of fused-ring (bicyclic) bond motifs is 2. The Kier molecular flexibility index (Phi) is 7.44. The molecule has 2 amide bonds. The van der Waals surface area contributed by atoms with Gasteiger partial charge in [0.05, 0.1) is 46.5 Å². The van der Waals surface area contributed by atoms with E-state index in [1.165, 1.54) is 11.8 Å². The Bertz CT molecular complexity index is 1140. The van der Waals surface area contributed by atoms with Crippen LogP contribution in [0.15, 0.2) is 48.6 Å².